The van der Waals surface area contributed by atoms with Crippen molar-refractivity contribution in [3.05, 3.63) is 64.7 Å². The molecule has 2 aromatic rings. The number of hydrogen-bond acceptors (Lipinski definition) is 4. The lowest BCUT2D eigenvalue weighted by Crippen LogP contribution is -2.43. The molecule has 1 unspecified atom stereocenters. The molecule has 0 aromatic heterocycles. The highest BCUT2D eigenvalue weighted by Crippen LogP contribution is 2.22. The van der Waals surface area contributed by atoms with Gasteiger partial charge < -0.3 is 15.0 Å². The van der Waals surface area contributed by atoms with Crippen LogP contribution in [0.2, 0.25) is 5.02 Å². The molecule has 2 aromatic carbocycles. The Kier molecular flexibility index (Phi) is 7.22. The van der Waals surface area contributed by atoms with E-state index < -0.39 is 0 Å². The lowest BCUT2D eigenvalue weighted by Gasteiger charge is -2.32. The zero-order valence-electron chi connectivity index (χ0n) is 17.6. The van der Waals surface area contributed by atoms with Gasteiger partial charge in [0.15, 0.2) is 0 Å². The molecule has 2 amide bonds. The van der Waals surface area contributed by atoms with Gasteiger partial charge in [-0.1, -0.05) is 23.7 Å². The maximum atomic E-state index is 12.9. The number of benzene rings is 2. The fraction of sp³-hybridized carbons (Fsp3) is 0.417. The molecule has 1 atom stereocenters. The molecule has 4 rings (SSSR count). The minimum atomic E-state index is -0.215. The van der Waals surface area contributed by atoms with Crippen LogP contribution in [0.15, 0.2) is 48.5 Å². The van der Waals surface area contributed by atoms with Crippen LogP contribution in [0.3, 0.4) is 0 Å². The van der Waals surface area contributed by atoms with E-state index in [1.54, 1.807) is 29.2 Å². The molecule has 0 aliphatic carbocycles. The van der Waals surface area contributed by atoms with Crippen molar-refractivity contribution in [3.8, 4) is 0 Å². The summed E-state index contributed by atoms with van der Waals surface area (Å²) < 4.78 is 5.41. The van der Waals surface area contributed by atoms with Gasteiger partial charge in [0.2, 0.25) is 5.91 Å². The highest BCUT2D eigenvalue weighted by molar-refractivity contribution is 6.30. The summed E-state index contributed by atoms with van der Waals surface area (Å²) in [7, 11) is 0. The summed E-state index contributed by atoms with van der Waals surface area (Å²) in [4.78, 5) is 29.9. The van der Waals surface area contributed by atoms with E-state index in [-0.39, 0.29) is 17.7 Å². The Morgan fingerprint density at radius 3 is 2.61 bits per heavy atom. The van der Waals surface area contributed by atoms with Gasteiger partial charge in [-0.3, -0.25) is 14.5 Å². The summed E-state index contributed by atoms with van der Waals surface area (Å²) >= 11 is 5.92. The van der Waals surface area contributed by atoms with Gasteiger partial charge in [0.25, 0.3) is 5.91 Å². The lowest BCUT2D eigenvalue weighted by atomic mass is 9.96. The molecule has 2 saturated heterocycles. The molecular weight excluding hydrogens is 414 g/mol. The standard InChI is InChI=1S/C24H28ClN3O3/c25-21-8-6-19(7-9-21)24(30)28-10-2-4-20(17-28)23(29)26-22-5-1-3-18(15-22)16-27-11-13-31-14-12-27/h1,3,5-9,15,20H,2,4,10-14,16-17H2,(H,26,29). The first kappa shape index (κ1) is 21.8. The summed E-state index contributed by atoms with van der Waals surface area (Å²) in [5.74, 6) is -0.299. The number of nitrogens with zero attached hydrogens (tertiary/aromatic N) is 2. The Bertz CT molecular complexity index is 913. The van der Waals surface area contributed by atoms with Gasteiger partial charge in [0.1, 0.15) is 0 Å². The molecule has 0 saturated carbocycles. The number of anilines is 1. The van der Waals surface area contributed by atoms with Crippen LogP contribution in [0.4, 0.5) is 5.69 Å². The third-order valence-corrected chi connectivity index (χ3v) is 6.13. The minimum absolute atomic E-state index is 0.0304. The van der Waals surface area contributed by atoms with Gasteiger partial charge >= 0.3 is 0 Å². The number of halogens is 1. The highest BCUT2D eigenvalue weighted by atomic mass is 35.5. The molecular formula is C24H28ClN3O3. The topological polar surface area (TPSA) is 61.9 Å². The molecule has 2 aliphatic heterocycles. The quantitative estimate of drug-likeness (QED) is 0.769. The Morgan fingerprint density at radius 1 is 1.06 bits per heavy atom. The molecule has 0 bridgehead atoms. The summed E-state index contributed by atoms with van der Waals surface area (Å²) in [5, 5.41) is 3.66. The maximum absolute atomic E-state index is 12.9. The third kappa shape index (κ3) is 5.85. The maximum Gasteiger partial charge on any atom is 0.253 e. The van der Waals surface area contributed by atoms with Crippen molar-refractivity contribution in [2.75, 3.05) is 44.7 Å². The predicted octanol–water partition coefficient (Wildman–Crippen LogP) is 3.66. The monoisotopic (exact) mass is 441 g/mol. The number of piperidine rings is 1. The van der Waals surface area contributed by atoms with Crippen LogP contribution in [0, 0.1) is 5.92 Å². The molecule has 0 radical (unpaired) electrons. The van der Waals surface area contributed by atoms with E-state index in [0.29, 0.717) is 23.7 Å². The van der Waals surface area contributed by atoms with Crippen LogP contribution in [-0.2, 0) is 16.1 Å². The second kappa shape index (κ2) is 10.3. The molecule has 2 aliphatic rings. The van der Waals surface area contributed by atoms with Gasteiger partial charge in [0, 0.05) is 49.0 Å². The molecule has 1 N–H and O–H groups in total. The Morgan fingerprint density at radius 2 is 1.84 bits per heavy atom. The van der Waals surface area contributed by atoms with E-state index in [0.717, 1.165) is 51.4 Å². The fourth-order valence-corrected chi connectivity index (χ4v) is 4.29. The molecule has 2 fully saturated rings. The van der Waals surface area contributed by atoms with Crippen molar-refractivity contribution in [2.24, 2.45) is 5.92 Å². The van der Waals surface area contributed by atoms with E-state index in [1.165, 1.54) is 5.56 Å². The number of ether oxygens (including phenoxy) is 1. The molecule has 6 nitrogen and oxygen atoms in total. The van der Waals surface area contributed by atoms with Crippen LogP contribution in [0.5, 0.6) is 0 Å². The van der Waals surface area contributed by atoms with Gasteiger partial charge in [-0.25, -0.2) is 0 Å². The van der Waals surface area contributed by atoms with Crippen molar-refractivity contribution < 1.29 is 14.3 Å². The van der Waals surface area contributed by atoms with Crippen molar-refractivity contribution in [1.29, 1.82) is 0 Å². The van der Waals surface area contributed by atoms with Crippen molar-refractivity contribution in [3.63, 3.8) is 0 Å². The van der Waals surface area contributed by atoms with Crippen LogP contribution in [-0.4, -0.2) is 61.0 Å². The zero-order chi connectivity index (χ0) is 21.6. The summed E-state index contributed by atoms with van der Waals surface area (Å²) in [6.45, 7) is 5.33. The first-order valence-electron chi connectivity index (χ1n) is 10.8. The summed E-state index contributed by atoms with van der Waals surface area (Å²) in [5.41, 5.74) is 2.57. The van der Waals surface area contributed by atoms with Crippen LogP contribution >= 0.6 is 11.6 Å². The van der Waals surface area contributed by atoms with Gasteiger partial charge in [-0.05, 0) is 54.8 Å². The smallest absolute Gasteiger partial charge is 0.253 e. The fourth-order valence-electron chi connectivity index (χ4n) is 4.16. The second-order valence-corrected chi connectivity index (χ2v) is 8.61. The normalized spacial score (nSPS) is 19.8. The largest absolute Gasteiger partial charge is 0.379 e. The Balaban J connectivity index is 1.35. The second-order valence-electron chi connectivity index (χ2n) is 8.18. The van der Waals surface area contributed by atoms with Crippen molar-refractivity contribution in [1.82, 2.24) is 9.80 Å². The number of amides is 2. The number of likely N-dealkylation sites (tertiary alicyclic amines) is 1. The average molecular weight is 442 g/mol. The SMILES string of the molecule is O=C(Nc1cccc(CN2CCOCC2)c1)C1CCCN(C(=O)c2ccc(Cl)cc2)C1. The Hall–Kier alpha value is -2.41. The summed E-state index contributed by atoms with van der Waals surface area (Å²) in [6.07, 6.45) is 1.60. The van der Waals surface area contributed by atoms with Crippen LogP contribution in [0.1, 0.15) is 28.8 Å². The number of carbonyl (C=O) groups excluding carboxylic acids is 2. The average Bonchev–Trinajstić information content (AvgIpc) is 2.80. The highest BCUT2D eigenvalue weighted by Gasteiger charge is 2.29. The Labute approximate surface area is 188 Å². The van der Waals surface area contributed by atoms with Gasteiger partial charge in [-0.15, -0.1) is 0 Å². The molecule has 2 heterocycles. The molecule has 0 spiro atoms. The first-order valence-corrected chi connectivity index (χ1v) is 11.2. The number of nitrogens with one attached hydrogen (secondary N) is 1. The van der Waals surface area contributed by atoms with E-state index in [1.807, 2.05) is 18.2 Å². The van der Waals surface area contributed by atoms with E-state index in [2.05, 4.69) is 16.3 Å². The van der Waals surface area contributed by atoms with E-state index in [9.17, 15) is 9.59 Å². The molecule has 31 heavy (non-hydrogen) atoms. The van der Waals surface area contributed by atoms with Crippen molar-refractivity contribution in [2.45, 2.75) is 19.4 Å². The first-order chi connectivity index (χ1) is 15.1. The van der Waals surface area contributed by atoms with E-state index in [4.69, 9.17) is 16.3 Å². The molecule has 164 valence electrons. The number of morpholine rings is 1. The minimum Gasteiger partial charge on any atom is -0.379 e. The van der Waals surface area contributed by atoms with Gasteiger partial charge in [-0.2, -0.15) is 0 Å². The van der Waals surface area contributed by atoms with E-state index >= 15 is 0 Å². The number of carbonyl (C=O) groups is 2. The zero-order valence-corrected chi connectivity index (χ0v) is 18.3. The van der Waals surface area contributed by atoms with Gasteiger partial charge in [0.05, 0.1) is 19.1 Å². The van der Waals surface area contributed by atoms with Crippen molar-refractivity contribution >= 4 is 29.1 Å². The molecule has 7 heteroatoms. The van der Waals surface area contributed by atoms with Crippen LogP contribution < -0.4 is 5.32 Å². The lowest BCUT2D eigenvalue weighted by molar-refractivity contribution is -0.121. The van der Waals surface area contributed by atoms with Crippen LogP contribution in [0.25, 0.3) is 0 Å². The third-order valence-electron chi connectivity index (χ3n) is 5.87. The number of hydrogen-bond donors (Lipinski definition) is 1. The summed E-state index contributed by atoms with van der Waals surface area (Å²) in [6, 6.07) is 14.9. The predicted molar refractivity (Wildman–Crippen MR) is 121 cm³/mol. The number of rotatable bonds is 5.